The van der Waals surface area contributed by atoms with Crippen LogP contribution in [0.1, 0.15) is 18.4 Å². The number of carbonyl (C=O) groups is 2. The quantitative estimate of drug-likeness (QED) is 0.869. The summed E-state index contributed by atoms with van der Waals surface area (Å²) in [5, 5.41) is 1.11. The van der Waals surface area contributed by atoms with Gasteiger partial charge in [-0.2, -0.15) is 0 Å². The molecule has 0 bridgehead atoms. The molecule has 1 aliphatic heterocycles. The van der Waals surface area contributed by atoms with E-state index in [1.807, 2.05) is 35.4 Å². The largest absolute Gasteiger partial charge is 0.361 e. The number of aldehydes is 1. The van der Waals surface area contributed by atoms with Crippen LogP contribution in [-0.2, 0) is 16.0 Å². The van der Waals surface area contributed by atoms with Crippen molar-refractivity contribution in [1.29, 1.82) is 0 Å². The van der Waals surface area contributed by atoms with Gasteiger partial charge in [0.25, 0.3) is 0 Å². The number of fused-ring (bicyclic) bond motifs is 1. The predicted molar refractivity (Wildman–Crippen MR) is 77.4 cm³/mol. The summed E-state index contributed by atoms with van der Waals surface area (Å²) in [6, 6.07) is 8.01. The molecule has 0 saturated carbocycles. The Morgan fingerprint density at radius 3 is 2.80 bits per heavy atom. The summed E-state index contributed by atoms with van der Waals surface area (Å²) in [4.78, 5) is 28.1. The van der Waals surface area contributed by atoms with Crippen LogP contribution in [0.3, 0.4) is 0 Å². The maximum absolute atomic E-state index is 12.3. The molecule has 1 saturated heterocycles. The molecule has 0 spiro atoms. The molecule has 1 aliphatic rings. The number of piperidine rings is 1. The van der Waals surface area contributed by atoms with Gasteiger partial charge in [0.15, 0.2) is 0 Å². The first-order valence-corrected chi connectivity index (χ1v) is 7.06. The van der Waals surface area contributed by atoms with Crippen molar-refractivity contribution in [3.05, 3.63) is 36.0 Å². The van der Waals surface area contributed by atoms with E-state index in [4.69, 9.17) is 0 Å². The van der Waals surface area contributed by atoms with Gasteiger partial charge in [-0.3, -0.25) is 4.79 Å². The van der Waals surface area contributed by atoms with Crippen LogP contribution in [0.15, 0.2) is 30.5 Å². The smallest absolute Gasteiger partial charge is 0.227 e. The molecule has 2 aromatic rings. The topological polar surface area (TPSA) is 53.2 Å². The molecule has 20 heavy (non-hydrogen) atoms. The Morgan fingerprint density at radius 1 is 1.30 bits per heavy atom. The highest BCUT2D eigenvalue weighted by molar-refractivity contribution is 5.88. The molecule has 0 aliphatic carbocycles. The molecule has 0 unspecified atom stereocenters. The zero-order valence-electron chi connectivity index (χ0n) is 11.3. The van der Waals surface area contributed by atoms with E-state index >= 15 is 0 Å². The molecule has 3 rings (SSSR count). The van der Waals surface area contributed by atoms with Crippen LogP contribution in [0.2, 0.25) is 0 Å². The summed E-state index contributed by atoms with van der Waals surface area (Å²) < 4.78 is 0. The SMILES string of the molecule is O=CC1CCN(C(=O)Cc2c[nH]c3ccccc23)CC1. The molecular formula is C16H18N2O2. The van der Waals surface area contributed by atoms with Crippen LogP contribution in [0, 0.1) is 5.92 Å². The number of H-pyrrole nitrogens is 1. The fraction of sp³-hybridized carbons (Fsp3) is 0.375. The number of amides is 1. The highest BCUT2D eigenvalue weighted by atomic mass is 16.2. The number of likely N-dealkylation sites (tertiary alicyclic amines) is 1. The van der Waals surface area contributed by atoms with E-state index in [-0.39, 0.29) is 11.8 Å². The summed E-state index contributed by atoms with van der Waals surface area (Å²) in [5.41, 5.74) is 2.11. The highest BCUT2D eigenvalue weighted by Crippen LogP contribution is 2.20. The summed E-state index contributed by atoms with van der Waals surface area (Å²) in [6.07, 6.45) is 4.95. The molecule has 1 aromatic heterocycles. The third kappa shape index (κ3) is 2.46. The second kappa shape index (κ2) is 5.49. The van der Waals surface area contributed by atoms with Crippen molar-refractivity contribution in [2.45, 2.75) is 19.3 Å². The summed E-state index contributed by atoms with van der Waals surface area (Å²) in [6.45, 7) is 1.40. The van der Waals surface area contributed by atoms with E-state index < -0.39 is 0 Å². The number of rotatable bonds is 3. The Hall–Kier alpha value is -2.10. The lowest BCUT2D eigenvalue weighted by molar-refractivity contribution is -0.132. The lowest BCUT2D eigenvalue weighted by Gasteiger charge is -2.29. The van der Waals surface area contributed by atoms with Crippen LogP contribution in [0.5, 0.6) is 0 Å². The predicted octanol–water partition coefficient (Wildman–Crippen LogP) is 2.15. The maximum Gasteiger partial charge on any atom is 0.227 e. The minimum Gasteiger partial charge on any atom is -0.361 e. The zero-order chi connectivity index (χ0) is 13.9. The number of hydrogen-bond donors (Lipinski definition) is 1. The Labute approximate surface area is 117 Å². The molecule has 1 fully saturated rings. The van der Waals surface area contributed by atoms with Gasteiger partial charge in [-0.05, 0) is 24.5 Å². The number of nitrogens with zero attached hydrogens (tertiary/aromatic N) is 1. The third-order valence-electron chi connectivity index (χ3n) is 4.10. The first-order chi connectivity index (χ1) is 9.78. The van der Waals surface area contributed by atoms with Crippen LogP contribution >= 0.6 is 0 Å². The van der Waals surface area contributed by atoms with Crippen LogP contribution < -0.4 is 0 Å². The van der Waals surface area contributed by atoms with E-state index in [1.54, 1.807) is 0 Å². The van der Waals surface area contributed by atoms with Crippen molar-refractivity contribution < 1.29 is 9.59 Å². The van der Waals surface area contributed by atoms with Crippen molar-refractivity contribution >= 4 is 23.1 Å². The molecule has 1 aromatic carbocycles. The zero-order valence-corrected chi connectivity index (χ0v) is 11.3. The fourth-order valence-corrected chi connectivity index (χ4v) is 2.84. The van der Waals surface area contributed by atoms with E-state index in [0.717, 1.165) is 35.6 Å². The average Bonchev–Trinajstić information content (AvgIpc) is 2.91. The lowest BCUT2D eigenvalue weighted by atomic mass is 9.98. The molecule has 104 valence electrons. The Bertz CT molecular complexity index is 624. The Balaban J connectivity index is 1.69. The van der Waals surface area contributed by atoms with Crippen LogP contribution in [0.4, 0.5) is 0 Å². The Kier molecular flexibility index (Phi) is 3.54. The van der Waals surface area contributed by atoms with E-state index in [1.165, 1.54) is 0 Å². The molecule has 1 N–H and O–H groups in total. The number of carbonyl (C=O) groups excluding carboxylic acids is 2. The number of para-hydroxylation sites is 1. The molecular weight excluding hydrogens is 252 g/mol. The van der Waals surface area contributed by atoms with Crippen molar-refractivity contribution in [2.75, 3.05) is 13.1 Å². The van der Waals surface area contributed by atoms with Gasteiger partial charge in [0, 0.05) is 36.1 Å². The fourth-order valence-electron chi connectivity index (χ4n) is 2.84. The molecule has 1 amide bonds. The highest BCUT2D eigenvalue weighted by Gasteiger charge is 2.22. The van der Waals surface area contributed by atoms with Gasteiger partial charge in [0.05, 0.1) is 6.42 Å². The first-order valence-electron chi connectivity index (χ1n) is 7.06. The molecule has 2 heterocycles. The van der Waals surface area contributed by atoms with Gasteiger partial charge in [0.1, 0.15) is 6.29 Å². The monoisotopic (exact) mass is 270 g/mol. The van der Waals surface area contributed by atoms with Gasteiger partial charge >= 0.3 is 0 Å². The minimum absolute atomic E-state index is 0.132. The second-order valence-electron chi connectivity index (χ2n) is 5.39. The van der Waals surface area contributed by atoms with Crippen molar-refractivity contribution in [1.82, 2.24) is 9.88 Å². The van der Waals surface area contributed by atoms with Gasteiger partial charge < -0.3 is 14.7 Å². The van der Waals surface area contributed by atoms with Gasteiger partial charge in [0.2, 0.25) is 5.91 Å². The minimum atomic E-state index is 0.132. The van der Waals surface area contributed by atoms with Gasteiger partial charge in [-0.25, -0.2) is 0 Å². The second-order valence-corrected chi connectivity index (χ2v) is 5.39. The summed E-state index contributed by atoms with van der Waals surface area (Å²) in [5.74, 6) is 0.284. The number of nitrogens with one attached hydrogen (secondary N) is 1. The van der Waals surface area contributed by atoms with Crippen molar-refractivity contribution in [3.63, 3.8) is 0 Å². The maximum atomic E-state index is 12.3. The molecule has 4 nitrogen and oxygen atoms in total. The molecule has 4 heteroatoms. The Morgan fingerprint density at radius 2 is 2.05 bits per heavy atom. The van der Waals surface area contributed by atoms with E-state index in [0.29, 0.717) is 19.5 Å². The van der Waals surface area contributed by atoms with Crippen LogP contribution in [0.25, 0.3) is 10.9 Å². The standard InChI is InChI=1S/C16H18N2O2/c19-11-12-5-7-18(8-6-12)16(20)9-13-10-17-15-4-2-1-3-14(13)15/h1-4,10-12,17H,5-9H2. The van der Waals surface area contributed by atoms with Crippen LogP contribution in [-0.4, -0.2) is 35.2 Å². The normalized spacial score (nSPS) is 16.5. The van der Waals surface area contributed by atoms with Gasteiger partial charge in [-0.1, -0.05) is 18.2 Å². The molecule has 0 atom stereocenters. The average molecular weight is 270 g/mol. The number of benzene rings is 1. The van der Waals surface area contributed by atoms with Crippen molar-refractivity contribution in [2.24, 2.45) is 5.92 Å². The van der Waals surface area contributed by atoms with Gasteiger partial charge in [-0.15, -0.1) is 0 Å². The number of aromatic amines is 1. The first kappa shape index (κ1) is 12.9. The summed E-state index contributed by atoms with van der Waals surface area (Å²) >= 11 is 0. The van der Waals surface area contributed by atoms with E-state index in [9.17, 15) is 9.59 Å². The summed E-state index contributed by atoms with van der Waals surface area (Å²) in [7, 11) is 0. The number of aromatic nitrogens is 1. The van der Waals surface area contributed by atoms with E-state index in [2.05, 4.69) is 4.98 Å². The third-order valence-corrected chi connectivity index (χ3v) is 4.10. The lowest BCUT2D eigenvalue weighted by Crippen LogP contribution is -2.39. The van der Waals surface area contributed by atoms with Crippen molar-refractivity contribution in [3.8, 4) is 0 Å². The number of hydrogen-bond acceptors (Lipinski definition) is 2. The molecule has 0 radical (unpaired) electrons.